The number of nitrogens with zero attached hydrogens (tertiary/aromatic N) is 3. The normalized spacial score (nSPS) is 10.7. The molecule has 0 spiro atoms. The number of para-hydroxylation sites is 1. The van der Waals surface area contributed by atoms with Gasteiger partial charge in [0, 0.05) is 18.4 Å². The molecule has 104 valence electrons. The average Bonchev–Trinajstić information content (AvgIpc) is 2.84. The Hall–Kier alpha value is -2.38. The van der Waals surface area contributed by atoms with Gasteiger partial charge >= 0.3 is 0 Å². The molecule has 21 heavy (non-hydrogen) atoms. The maximum atomic E-state index is 13.4. The van der Waals surface area contributed by atoms with Crippen LogP contribution in [-0.4, -0.2) is 15.4 Å². The third-order valence-corrected chi connectivity index (χ3v) is 3.46. The van der Waals surface area contributed by atoms with Crippen molar-refractivity contribution in [3.05, 3.63) is 59.7 Å². The number of aryl methyl sites for hydroxylation is 1. The molecular formula is C16H11ClFN3. The van der Waals surface area contributed by atoms with Crippen LogP contribution in [-0.2, 0) is 6.42 Å². The molecule has 5 heteroatoms. The van der Waals surface area contributed by atoms with E-state index in [0.717, 1.165) is 11.2 Å². The topological polar surface area (TPSA) is 41.6 Å². The molecule has 0 fully saturated rings. The highest BCUT2D eigenvalue weighted by Crippen LogP contribution is 2.25. The lowest BCUT2D eigenvalue weighted by molar-refractivity contribution is 0.629. The van der Waals surface area contributed by atoms with E-state index in [1.807, 2.05) is 22.8 Å². The molecule has 0 radical (unpaired) electrons. The molecule has 0 N–H and O–H groups in total. The van der Waals surface area contributed by atoms with Crippen molar-refractivity contribution in [1.29, 1.82) is 5.26 Å². The molecule has 3 nitrogen and oxygen atoms in total. The second-order valence-electron chi connectivity index (χ2n) is 4.56. The van der Waals surface area contributed by atoms with E-state index in [0.29, 0.717) is 29.2 Å². The van der Waals surface area contributed by atoms with Crippen LogP contribution in [0.2, 0.25) is 0 Å². The molecule has 0 atom stereocenters. The maximum Gasteiger partial charge on any atom is 0.125 e. The van der Waals surface area contributed by atoms with E-state index in [-0.39, 0.29) is 5.82 Å². The summed E-state index contributed by atoms with van der Waals surface area (Å²) in [5, 5.41) is 9.28. The third kappa shape index (κ3) is 2.37. The predicted octanol–water partition coefficient (Wildman–Crippen LogP) is 3.82. The average molecular weight is 300 g/mol. The summed E-state index contributed by atoms with van der Waals surface area (Å²) in [7, 11) is 0. The van der Waals surface area contributed by atoms with Crippen LogP contribution in [0, 0.1) is 17.1 Å². The fraction of sp³-hybridized carbons (Fsp3) is 0.125. The zero-order chi connectivity index (χ0) is 14.8. The number of nitriles is 1. The molecule has 0 amide bonds. The van der Waals surface area contributed by atoms with Gasteiger partial charge in [0.25, 0.3) is 0 Å². The Morgan fingerprint density at radius 3 is 2.81 bits per heavy atom. The summed E-state index contributed by atoms with van der Waals surface area (Å²) in [6.07, 6.45) is 0.539. The Labute approximate surface area is 126 Å². The van der Waals surface area contributed by atoms with E-state index in [9.17, 15) is 9.65 Å². The number of aromatic nitrogens is 2. The summed E-state index contributed by atoms with van der Waals surface area (Å²) in [6, 6.07) is 13.9. The van der Waals surface area contributed by atoms with Gasteiger partial charge in [-0.3, -0.25) is 4.57 Å². The molecule has 0 aliphatic heterocycles. The van der Waals surface area contributed by atoms with Crippen molar-refractivity contribution in [3.8, 4) is 11.8 Å². The first kappa shape index (κ1) is 13.6. The van der Waals surface area contributed by atoms with Gasteiger partial charge in [0.1, 0.15) is 17.7 Å². The van der Waals surface area contributed by atoms with Gasteiger partial charge in [-0.05, 0) is 24.3 Å². The van der Waals surface area contributed by atoms with Gasteiger partial charge in [0.15, 0.2) is 0 Å². The van der Waals surface area contributed by atoms with Crippen LogP contribution >= 0.6 is 11.6 Å². The lowest BCUT2D eigenvalue weighted by Crippen LogP contribution is -2.04. The number of benzene rings is 2. The van der Waals surface area contributed by atoms with Gasteiger partial charge in [-0.2, -0.15) is 5.26 Å². The van der Waals surface area contributed by atoms with Gasteiger partial charge in [-0.15, -0.1) is 11.6 Å². The van der Waals surface area contributed by atoms with Crippen LogP contribution in [0.25, 0.3) is 16.7 Å². The maximum absolute atomic E-state index is 13.4. The van der Waals surface area contributed by atoms with Gasteiger partial charge in [0.05, 0.1) is 22.3 Å². The highest BCUT2D eigenvalue weighted by molar-refractivity contribution is 6.17. The van der Waals surface area contributed by atoms with Crippen molar-refractivity contribution >= 4 is 22.6 Å². The molecule has 0 saturated heterocycles. The molecule has 1 aromatic heterocycles. The minimum Gasteiger partial charge on any atom is -0.295 e. The molecule has 1 heterocycles. The van der Waals surface area contributed by atoms with Crippen molar-refractivity contribution in [2.45, 2.75) is 6.42 Å². The summed E-state index contributed by atoms with van der Waals surface area (Å²) in [4.78, 5) is 4.44. The number of halogens is 2. The first-order chi connectivity index (χ1) is 10.2. The minimum absolute atomic E-state index is 0.335. The van der Waals surface area contributed by atoms with E-state index in [2.05, 4.69) is 11.1 Å². The number of fused-ring (bicyclic) bond motifs is 1. The fourth-order valence-corrected chi connectivity index (χ4v) is 2.56. The van der Waals surface area contributed by atoms with Crippen molar-refractivity contribution in [2.24, 2.45) is 0 Å². The molecule has 0 saturated carbocycles. The molecule has 0 aliphatic rings. The first-order valence-electron chi connectivity index (χ1n) is 6.47. The molecule has 2 aromatic carbocycles. The zero-order valence-corrected chi connectivity index (χ0v) is 11.8. The van der Waals surface area contributed by atoms with Crippen molar-refractivity contribution in [1.82, 2.24) is 9.55 Å². The Morgan fingerprint density at radius 2 is 2.05 bits per heavy atom. The van der Waals surface area contributed by atoms with E-state index in [1.165, 1.54) is 12.1 Å². The van der Waals surface area contributed by atoms with Crippen molar-refractivity contribution in [2.75, 3.05) is 5.88 Å². The number of alkyl halides is 1. The largest absolute Gasteiger partial charge is 0.295 e. The lowest BCUT2D eigenvalue weighted by Gasteiger charge is -2.10. The monoisotopic (exact) mass is 299 g/mol. The SMILES string of the molecule is N#Cc1ccccc1-n1c(CCCl)nc2cc(F)ccc21. The van der Waals surface area contributed by atoms with Crippen LogP contribution in [0.4, 0.5) is 4.39 Å². The highest BCUT2D eigenvalue weighted by Gasteiger charge is 2.15. The quantitative estimate of drug-likeness (QED) is 0.690. The lowest BCUT2D eigenvalue weighted by atomic mass is 10.2. The van der Waals surface area contributed by atoms with Crippen molar-refractivity contribution < 1.29 is 4.39 Å². The Kier molecular flexibility index (Phi) is 3.59. The molecule has 0 aliphatic carbocycles. The van der Waals surface area contributed by atoms with Crippen LogP contribution in [0.15, 0.2) is 42.5 Å². The summed E-state index contributed by atoms with van der Waals surface area (Å²) >= 11 is 5.84. The molecule has 3 aromatic rings. The summed E-state index contributed by atoms with van der Waals surface area (Å²) in [6.45, 7) is 0. The molecular weight excluding hydrogens is 289 g/mol. The van der Waals surface area contributed by atoms with E-state index in [1.54, 1.807) is 12.1 Å². The van der Waals surface area contributed by atoms with Gasteiger partial charge in [0.2, 0.25) is 0 Å². The predicted molar refractivity (Wildman–Crippen MR) is 80.2 cm³/mol. The Morgan fingerprint density at radius 1 is 1.24 bits per heavy atom. The highest BCUT2D eigenvalue weighted by atomic mass is 35.5. The fourth-order valence-electron chi connectivity index (χ4n) is 2.39. The minimum atomic E-state index is -0.335. The summed E-state index contributed by atoms with van der Waals surface area (Å²) in [5.74, 6) is 0.784. The smallest absolute Gasteiger partial charge is 0.125 e. The first-order valence-corrected chi connectivity index (χ1v) is 7.00. The van der Waals surface area contributed by atoms with Gasteiger partial charge in [-0.25, -0.2) is 9.37 Å². The number of hydrogen-bond donors (Lipinski definition) is 0. The molecule has 3 rings (SSSR count). The summed E-state index contributed by atoms with van der Waals surface area (Å²) in [5.41, 5.74) is 2.59. The van der Waals surface area contributed by atoms with Gasteiger partial charge < -0.3 is 0 Å². The number of rotatable bonds is 3. The van der Waals surface area contributed by atoms with Crippen molar-refractivity contribution in [3.63, 3.8) is 0 Å². The number of hydrogen-bond acceptors (Lipinski definition) is 2. The van der Waals surface area contributed by atoms with Crippen LogP contribution < -0.4 is 0 Å². The summed E-state index contributed by atoms with van der Waals surface area (Å²) < 4.78 is 15.3. The molecule has 0 unspecified atom stereocenters. The number of imidazole rings is 1. The third-order valence-electron chi connectivity index (χ3n) is 3.27. The van der Waals surface area contributed by atoms with Gasteiger partial charge in [-0.1, -0.05) is 12.1 Å². The Balaban J connectivity index is 2.34. The Bertz CT molecular complexity index is 848. The molecule has 0 bridgehead atoms. The second kappa shape index (κ2) is 5.55. The standard InChI is InChI=1S/C16H11ClFN3/c17-8-7-16-20-13-9-12(18)5-6-15(13)21(16)14-4-2-1-3-11(14)10-19/h1-6,9H,7-8H2. The van der Waals surface area contributed by atoms with Crippen LogP contribution in [0.3, 0.4) is 0 Å². The second-order valence-corrected chi connectivity index (χ2v) is 4.94. The van der Waals surface area contributed by atoms with Crippen LogP contribution in [0.1, 0.15) is 11.4 Å². The van der Waals surface area contributed by atoms with E-state index >= 15 is 0 Å². The van der Waals surface area contributed by atoms with Crippen LogP contribution in [0.5, 0.6) is 0 Å². The van der Waals surface area contributed by atoms with E-state index in [4.69, 9.17) is 11.6 Å². The van der Waals surface area contributed by atoms with E-state index < -0.39 is 0 Å². The zero-order valence-electron chi connectivity index (χ0n) is 11.1.